The quantitative estimate of drug-likeness (QED) is 0.444. The molecule has 5 nitrogen and oxygen atoms in total. The van der Waals surface area contributed by atoms with Crippen LogP contribution >= 0.6 is 0 Å². The van der Waals surface area contributed by atoms with Gasteiger partial charge in [-0.3, -0.25) is 4.79 Å². The van der Waals surface area contributed by atoms with Crippen LogP contribution in [0.25, 0.3) is 10.9 Å². The molecule has 0 aliphatic carbocycles. The molecule has 1 N–H and O–H groups in total. The summed E-state index contributed by atoms with van der Waals surface area (Å²) in [7, 11) is -3.61. The predicted octanol–water partition coefficient (Wildman–Crippen LogP) is 5.18. The Balaban J connectivity index is 1.67. The molecule has 0 saturated carbocycles. The van der Waals surface area contributed by atoms with Crippen LogP contribution in [0.2, 0.25) is 0 Å². The Bertz CT molecular complexity index is 1420. The Kier molecular flexibility index (Phi) is 5.89. The minimum atomic E-state index is -3.61. The third-order valence-corrected chi connectivity index (χ3v) is 7.36. The Labute approximate surface area is 188 Å². The van der Waals surface area contributed by atoms with Crippen LogP contribution in [0.15, 0.2) is 77.8 Å². The SMILES string of the molecule is Cc1ccc(C)c(CS(=O)(=O)c2cn(CC(=O)Nc3ccccc3C)c3ccccc23)c1. The van der Waals surface area contributed by atoms with Gasteiger partial charge in [0.2, 0.25) is 5.91 Å². The average Bonchev–Trinajstić information content (AvgIpc) is 3.12. The summed E-state index contributed by atoms with van der Waals surface area (Å²) in [6.45, 7) is 5.82. The highest BCUT2D eigenvalue weighted by Gasteiger charge is 2.23. The maximum absolute atomic E-state index is 13.4. The number of anilines is 1. The lowest BCUT2D eigenvalue weighted by atomic mass is 10.1. The van der Waals surface area contributed by atoms with E-state index in [0.717, 1.165) is 27.9 Å². The molecule has 0 radical (unpaired) electrons. The lowest BCUT2D eigenvalue weighted by Crippen LogP contribution is -2.18. The number of carbonyl (C=O) groups is 1. The zero-order valence-corrected chi connectivity index (χ0v) is 19.2. The number of benzene rings is 3. The molecule has 0 fully saturated rings. The average molecular weight is 447 g/mol. The van der Waals surface area contributed by atoms with Crippen molar-refractivity contribution < 1.29 is 13.2 Å². The van der Waals surface area contributed by atoms with Crippen LogP contribution in [0, 0.1) is 20.8 Å². The summed E-state index contributed by atoms with van der Waals surface area (Å²) in [6, 6.07) is 20.7. The molecular weight excluding hydrogens is 420 g/mol. The largest absolute Gasteiger partial charge is 0.337 e. The highest BCUT2D eigenvalue weighted by molar-refractivity contribution is 7.90. The fraction of sp³-hybridized carbons (Fsp3) is 0.192. The molecule has 0 atom stereocenters. The first-order valence-electron chi connectivity index (χ1n) is 10.5. The minimum Gasteiger partial charge on any atom is -0.337 e. The van der Waals surface area contributed by atoms with Gasteiger partial charge in [-0.1, -0.05) is 60.2 Å². The lowest BCUT2D eigenvalue weighted by Gasteiger charge is -2.09. The fourth-order valence-corrected chi connectivity index (χ4v) is 5.56. The number of hydrogen-bond acceptors (Lipinski definition) is 3. The molecule has 0 saturated heterocycles. The Morgan fingerprint density at radius 3 is 2.41 bits per heavy atom. The number of amides is 1. The fourth-order valence-electron chi connectivity index (χ4n) is 3.89. The van der Waals surface area contributed by atoms with Crippen LogP contribution < -0.4 is 5.32 Å². The first-order valence-corrected chi connectivity index (χ1v) is 12.1. The molecule has 4 rings (SSSR count). The third kappa shape index (κ3) is 4.46. The first-order chi connectivity index (χ1) is 15.2. The second-order valence-corrected chi connectivity index (χ2v) is 10.1. The molecule has 3 aromatic carbocycles. The molecular formula is C26H26N2O3S. The molecule has 1 aromatic heterocycles. The third-order valence-electron chi connectivity index (χ3n) is 5.67. The van der Waals surface area contributed by atoms with Gasteiger partial charge in [-0.15, -0.1) is 0 Å². The van der Waals surface area contributed by atoms with Gasteiger partial charge in [-0.2, -0.15) is 0 Å². The molecule has 4 aromatic rings. The van der Waals surface area contributed by atoms with Gasteiger partial charge in [0.15, 0.2) is 9.84 Å². The van der Waals surface area contributed by atoms with Crippen molar-refractivity contribution >= 4 is 32.3 Å². The molecule has 0 aliphatic rings. The molecule has 0 bridgehead atoms. The second-order valence-electron chi connectivity index (χ2n) is 8.19. The summed E-state index contributed by atoms with van der Waals surface area (Å²) in [6.07, 6.45) is 1.59. The van der Waals surface area contributed by atoms with Gasteiger partial charge in [0.25, 0.3) is 0 Å². The lowest BCUT2D eigenvalue weighted by molar-refractivity contribution is -0.116. The highest BCUT2D eigenvalue weighted by atomic mass is 32.2. The minimum absolute atomic E-state index is 0.0217. The number of carbonyl (C=O) groups excluding carboxylic acids is 1. The highest BCUT2D eigenvalue weighted by Crippen LogP contribution is 2.29. The number of nitrogens with one attached hydrogen (secondary N) is 1. The van der Waals surface area contributed by atoms with Gasteiger partial charge in [0.1, 0.15) is 6.54 Å². The van der Waals surface area contributed by atoms with Crippen LogP contribution in [0.5, 0.6) is 0 Å². The van der Waals surface area contributed by atoms with E-state index in [4.69, 9.17) is 0 Å². The molecule has 0 aliphatic heterocycles. The van der Waals surface area contributed by atoms with Gasteiger partial charge in [-0.05, 0) is 49.6 Å². The molecule has 1 heterocycles. The van der Waals surface area contributed by atoms with E-state index in [1.54, 1.807) is 16.8 Å². The number of aromatic nitrogens is 1. The zero-order chi connectivity index (χ0) is 22.9. The second kappa shape index (κ2) is 8.63. The van der Waals surface area contributed by atoms with Crippen molar-refractivity contribution in [1.82, 2.24) is 4.57 Å². The van der Waals surface area contributed by atoms with Gasteiger partial charge in [0, 0.05) is 22.8 Å². The number of nitrogens with zero attached hydrogens (tertiary/aromatic N) is 1. The van der Waals surface area contributed by atoms with Crippen molar-refractivity contribution in [2.75, 3.05) is 5.32 Å². The van der Waals surface area contributed by atoms with E-state index in [1.807, 2.05) is 81.4 Å². The van der Waals surface area contributed by atoms with Crippen LogP contribution in [0.4, 0.5) is 5.69 Å². The number of aryl methyl sites for hydroxylation is 3. The number of para-hydroxylation sites is 2. The maximum Gasteiger partial charge on any atom is 0.244 e. The predicted molar refractivity (Wildman–Crippen MR) is 129 cm³/mol. The van der Waals surface area contributed by atoms with E-state index >= 15 is 0 Å². The van der Waals surface area contributed by atoms with Gasteiger partial charge >= 0.3 is 0 Å². The summed E-state index contributed by atoms with van der Waals surface area (Å²) in [5.74, 6) is -0.289. The van der Waals surface area contributed by atoms with E-state index in [-0.39, 0.29) is 23.1 Å². The first kappa shape index (κ1) is 21.8. The van der Waals surface area contributed by atoms with Gasteiger partial charge < -0.3 is 9.88 Å². The zero-order valence-electron chi connectivity index (χ0n) is 18.4. The summed E-state index contributed by atoms with van der Waals surface area (Å²) >= 11 is 0. The van der Waals surface area contributed by atoms with E-state index in [1.165, 1.54) is 0 Å². The van der Waals surface area contributed by atoms with Crippen molar-refractivity contribution in [3.63, 3.8) is 0 Å². The van der Waals surface area contributed by atoms with E-state index < -0.39 is 9.84 Å². The van der Waals surface area contributed by atoms with Crippen molar-refractivity contribution in [3.05, 3.63) is 95.2 Å². The Hall–Kier alpha value is -3.38. The Morgan fingerprint density at radius 2 is 1.62 bits per heavy atom. The van der Waals surface area contributed by atoms with Crippen LogP contribution in [-0.2, 0) is 26.9 Å². The number of sulfone groups is 1. The molecule has 1 amide bonds. The van der Waals surface area contributed by atoms with E-state index in [0.29, 0.717) is 10.9 Å². The van der Waals surface area contributed by atoms with Crippen LogP contribution in [0.1, 0.15) is 22.3 Å². The Morgan fingerprint density at radius 1 is 0.906 bits per heavy atom. The van der Waals surface area contributed by atoms with Crippen molar-refractivity contribution in [1.29, 1.82) is 0 Å². The van der Waals surface area contributed by atoms with Gasteiger partial charge in [-0.25, -0.2) is 8.42 Å². The molecule has 6 heteroatoms. The summed E-state index contributed by atoms with van der Waals surface area (Å²) < 4.78 is 28.5. The monoisotopic (exact) mass is 446 g/mol. The van der Waals surface area contributed by atoms with E-state index in [9.17, 15) is 13.2 Å². The van der Waals surface area contributed by atoms with Crippen molar-refractivity contribution in [2.24, 2.45) is 0 Å². The smallest absolute Gasteiger partial charge is 0.244 e. The standard InChI is InChI=1S/C26H26N2O3S/c1-18-12-13-19(2)21(14-18)17-32(30,31)25-15-28(24-11-7-5-9-22(24)25)16-26(29)27-23-10-6-4-8-20(23)3/h4-15H,16-17H2,1-3H3,(H,27,29). The maximum atomic E-state index is 13.4. The van der Waals surface area contributed by atoms with E-state index in [2.05, 4.69) is 5.32 Å². The normalized spacial score (nSPS) is 11.6. The molecule has 0 unspecified atom stereocenters. The molecule has 164 valence electrons. The number of hydrogen-bond donors (Lipinski definition) is 1. The van der Waals surface area contributed by atoms with Crippen LogP contribution in [-0.4, -0.2) is 18.9 Å². The molecule has 32 heavy (non-hydrogen) atoms. The van der Waals surface area contributed by atoms with Crippen molar-refractivity contribution in [3.8, 4) is 0 Å². The van der Waals surface area contributed by atoms with Crippen LogP contribution in [0.3, 0.4) is 0 Å². The summed E-state index contributed by atoms with van der Waals surface area (Å²) in [4.78, 5) is 13.0. The summed E-state index contributed by atoms with van der Waals surface area (Å²) in [5, 5.41) is 3.54. The van der Waals surface area contributed by atoms with Crippen molar-refractivity contribution in [2.45, 2.75) is 38.0 Å². The summed E-state index contributed by atoms with van der Waals surface area (Å²) in [5.41, 5.74) is 5.19. The molecule has 0 spiro atoms. The van der Waals surface area contributed by atoms with Gasteiger partial charge in [0.05, 0.1) is 10.6 Å². The number of fused-ring (bicyclic) bond motifs is 1. The number of rotatable bonds is 6. The topological polar surface area (TPSA) is 68.2 Å².